The molecule has 128 valence electrons. The normalized spacial score (nSPS) is 11.2. The van der Waals surface area contributed by atoms with Crippen LogP contribution in [0.1, 0.15) is 37.5 Å². The van der Waals surface area contributed by atoms with Crippen LogP contribution >= 0.6 is 15.9 Å². The smallest absolute Gasteiger partial charge is 0.262 e. The molecule has 3 nitrogen and oxygen atoms in total. The molecule has 2 aromatic carbocycles. The number of carbonyl (C=O) groups excluding carboxylic acids is 1. The van der Waals surface area contributed by atoms with E-state index in [9.17, 15) is 4.79 Å². The third-order valence-corrected chi connectivity index (χ3v) is 4.27. The summed E-state index contributed by atoms with van der Waals surface area (Å²) >= 11 is 3.49. The van der Waals surface area contributed by atoms with E-state index in [1.807, 2.05) is 50.2 Å². The van der Waals surface area contributed by atoms with Gasteiger partial charge >= 0.3 is 0 Å². The van der Waals surface area contributed by atoms with Gasteiger partial charge in [-0.1, -0.05) is 48.8 Å². The molecule has 0 fully saturated rings. The highest BCUT2D eigenvalue weighted by Gasteiger charge is 2.20. The molecule has 1 amide bonds. The number of ether oxygens (including phenoxy) is 1. The van der Waals surface area contributed by atoms with Crippen LogP contribution in [0.2, 0.25) is 0 Å². The van der Waals surface area contributed by atoms with Gasteiger partial charge in [0, 0.05) is 15.7 Å². The Kier molecular flexibility index (Phi) is 5.70. The van der Waals surface area contributed by atoms with Gasteiger partial charge in [0.2, 0.25) is 0 Å². The summed E-state index contributed by atoms with van der Waals surface area (Å²) in [5, 5.41) is 2.92. The highest BCUT2D eigenvalue weighted by molar-refractivity contribution is 9.10. The molecule has 0 aliphatic carbocycles. The van der Waals surface area contributed by atoms with Crippen LogP contribution in [0, 0.1) is 13.8 Å². The lowest BCUT2D eigenvalue weighted by molar-refractivity contribution is -0.118. The fourth-order valence-electron chi connectivity index (χ4n) is 2.41. The predicted octanol–water partition coefficient (Wildman–Crippen LogP) is 5.38. The fraction of sp³-hybridized carbons (Fsp3) is 0.350. The number of benzene rings is 2. The van der Waals surface area contributed by atoms with E-state index >= 15 is 0 Å². The number of hydrogen-bond donors (Lipinski definition) is 1. The van der Waals surface area contributed by atoms with Crippen molar-refractivity contribution in [3.05, 3.63) is 57.6 Å². The van der Waals surface area contributed by atoms with Crippen LogP contribution in [0.5, 0.6) is 5.75 Å². The van der Waals surface area contributed by atoms with E-state index in [1.54, 1.807) is 0 Å². The van der Waals surface area contributed by atoms with Gasteiger partial charge in [-0.3, -0.25) is 4.79 Å². The Bertz CT molecular complexity index is 748. The van der Waals surface area contributed by atoms with E-state index in [1.165, 1.54) is 0 Å². The summed E-state index contributed by atoms with van der Waals surface area (Å²) < 4.78 is 6.79. The Morgan fingerprint density at radius 1 is 1.12 bits per heavy atom. The zero-order valence-corrected chi connectivity index (χ0v) is 16.5. The van der Waals surface area contributed by atoms with Crippen LogP contribution < -0.4 is 10.1 Å². The third-order valence-electron chi connectivity index (χ3n) is 3.78. The molecule has 0 aromatic heterocycles. The SMILES string of the molecule is Cc1ccc(C)c(NC(=O)COc2ccc(Br)cc2C(C)(C)C)c1. The second kappa shape index (κ2) is 7.39. The van der Waals surface area contributed by atoms with E-state index in [4.69, 9.17) is 4.74 Å². The Labute approximate surface area is 152 Å². The average molecular weight is 390 g/mol. The molecule has 0 unspecified atom stereocenters. The highest BCUT2D eigenvalue weighted by Crippen LogP contribution is 2.33. The number of nitrogens with one attached hydrogen (secondary N) is 1. The van der Waals surface area contributed by atoms with Gasteiger partial charge in [-0.05, 0) is 54.7 Å². The van der Waals surface area contributed by atoms with Crippen molar-refractivity contribution in [1.82, 2.24) is 0 Å². The minimum atomic E-state index is -0.161. The number of amides is 1. The summed E-state index contributed by atoms with van der Waals surface area (Å²) in [4.78, 5) is 12.2. The van der Waals surface area contributed by atoms with Crippen LogP contribution in [-0.2, 0) is 10.2 Å². The van der Waals surface area contributed by atoms with E-state index in [-0.39, 0.29) is 17.9 Å². The largest absolute Gasteiger partial charge is 0.483 e. The minimum absolute atomic E-state index is 0.0158. The van der Waals surface area contributed by atoms with Crippen LogP contribution in [0.15, 0.2) is 40.9 Å². The molecular formula is C20H24BrNO2. The van der Waals surface area contributed by atoms with E-state index < -0.39 is 0 Å². The molecule has 4 heteroatoms. The van der Waals surface area contributed by atoms with Crippen molar-refractivity contribution >= 4 is 27.5 Å². The Balaban J connectivity index is 2.08. The lowest BCUT2D eigenvalue weighted by Gasteiger charge is -2.23. The second-order valence-electron chi connectivity index (χ2n) is 7.05. The van der Waals surface area contributed by atoms with Crippen LogP contribution in [0.25, 0.3) is 0 Å². The first kappa shape index (κ1) is 18.5. The number of halogens is 1. The first-order chi connectivity index (χ1) is 11.2. The highest BCUT2D eigenvalue weighted by atomic mass is 79.9. The number of carbonyl (C=O) groups is 1. The molecule has 0 saturated carbocycles. The van der Waals surface area contributed by atoms with Gasteiger partial charge in [0.05, 0.1) is 0 Å². The van der Waals surface area contributed by atoms with Crippen LogP contribution in [0.3, 0.4) is 0 Å². The molecule has 0 saturated heterocycles. The van der Waals surface area contributed by atoms with Crippen molar-refractivity contribution in [1.29, 1.82) is 0 Å². The third kappa shape index (κ3) is 4.84. The van der Waals surface area contributed by atoms with Crippen molar-refractivity contribution in [3.63, 3.8) is 0 Å². The number of rotatable bonds is 4. The minimum Gasteiger partial charge on any atom is -0.483 e. The number of anilines is 1. The van der Waals surface area contributed by atoms with Gasteiger partial charge in [-0.2, -0.15) is 0 Å². The fourth-order valence-corrected chi connectivity index (χ4v) is 2.78. The molecule has 0 aliphatic rings. The summed E-state index contributed by atoms with van der Waals surface area (Å²) in [5.41, 5.74) is 3.97. The summed E-state index contributed by atoms with van der Waals surface area (Å²) in [7, 11) is 0. The standard InChI is InChI=1S/C20H24BrNO2/c1-13-6-7-14(2)17(10-13)22-19(23)12-24-18-9-8-15(21)11-16(18)20(3,4)5/h6-11H,12H2,1-5H3,(H,22,23). The molecule has 0 atom stereocenters. The van der Waals surface area contributed by atoms with Gasteiger partial charge in [0.1, 0.15) is 5.75 Å². The van der Waals surface area contributed by atoms with Crippen molar-refractivity contribution in [2.45, 2.75) is 40.0 Å². The average Bonchev–Trinajstić information content (AvgIpc) is 2.49. The molecule has 2 rings (SSSR count). The Hall–Kier alpha value is -1.81. The number of aryl methyl sites for hydroxylation is 2. The monoisotopic (exact) mass is 389 g/mol. The van der Waals surface area contributed by atoms with Gasteiger partial charge < -0.3 is 10.1 Å². The quantitative estimate of drug-likeness (QED) is 0.761. The lowest BCUT2D eigenvalue weighted by atomic mass is 9.86. The van der Waals surface area contributed by atoms with E-state index in [0.29, 0.717) is 0 Å². The summed E-state index contributed by atoms with van der Waals surface area (Å²) in [6.07, 6.45) is 0. The Morgan fingerprint density at radius 2 is 1.83 bits per heavy atom. The molecule has 0 spiro atoms. The van der Waals surface area contributed by atoms with Crippen molar-refractivity contribution in [2.75, 3.05) is 11.9 Å². The van der Waals surface area contributed by atoms with Gasteiger partial charge in [0.25, 0.3) is 5.91 Å². The molecule has 24 heavy (non-hydrogen) atoms. The summed E-state index contributed by atoms with van der Waals surface area (Å²) in [5.74, 6) is 0.577. The maximum Gasteiger partial charge on any atom is 0.262 e. The summed E-state index contributed by atoms with van der Waals surface area (Å²) in [6.45, 7) is 10.3. The lowest BCUT2D eigenvalue weighted by Crippen LogP contribution is -2.22. The molecule has 0 radical (unpaired) electrons. The topological polar surface area (TPSA) is 38.3 Å². The van der Waals surface area contributed by atoms with Crippen LogP contribution in [0.4, 0.5) is 5.69 Å². The van der Waals surface area contributed by atoms with Gasteiger partial charge in [-0.15, -0.1) is 0 Å². The Morgan fingerprint density at radius 3 is 2.50 bits per heavy atom. The zero-order valence-electron chi connectivity index (χ0n) is 14.9. The van der Waals surface area contributed by atoms with Gasteiger partial charge in [0.15, 0.2) is 6.61 Å². The first-order valence-electron chi connectivity index (χ1n) is 7.97. The summed E-state index contributed by atoms with van der Waals surface area (Å²) in [6, 6.07) is 11.9. The van der Waals surface area contributed by atoms with Crippen molar-refractivity contribution in [3.8, 4) is 5.75 Å². The predicted molar refractivity (Wildman–Crippen MR) is 103 cm³/mol. The van der Waals surface area contributed by atoms with E-state index in [2.05, 4.69) is 42.0 Å². The maximum atomic E-state index is 12.2. The molecule has 1 N–H and O–H groups in total. The molecular weight excluding hydrogens is 366 g/mol. The first-order valence-corrected chi connectivity index (χ1v) is 8.76. The molecule has 0 aliphatic heterocycles. The molecule has 2 aromatic rings. The number of hydrogen-bond acceptors (Lipinski definition) is 2. The van der Waals surface area contributed by atoms with Crippen molar-refractivity contribution < 1.29 is 9.53 Å². The molecule has 0 bridgehead atoms. The van der Waals surface area contributed by atoms with Crippen LogP contribution in [-0.4, -0.2) is 12.5 Å². The van der Waals surface area contributed by atoms with E-state index in [0.717, 1.165) is 32.6 Å². The molecule has 0 heterocycles. The second-order valence-corrected chi connectivity index (χ2v) is 7.96. The van der Waals surface area contributed by atoms with Gasteiger partial charge in [-0.25, -0.2) is 0 Å². The zero-order chi connectivity index (χ0) is 17.9. The maximum absolute atomic E-state index is 12.2. The van der Waals surface area contributed by atoms with Crippen molar-refractivity contribution in [2.24, 2.45) is 0 Å².